The number of hydrogen-bond donors (Lipinski definition) is 1. The summed E-state index contributed by atoms with van der Waals surface area (Å²) in [6.45, 7) is -0.370. The van der Waals surface area contributed by atoms with E-state index in [1.807, 2.05) is 18.2 Å². The molecule has 1 aromatic heterocycles. The number of carboxylic acid groups (broad SMARTS) is 1. The summed E-state index contributed by atoms with van der Waals surface area (Å²) in [6.07, 6.45) is 9.87. The molecule has 0 radical (unpaired) electrons. The highest BCUT2D eigenvalue weighted by Crippen LogP contribution is 2.60. The minimum absolute atomic E-state index is 0.243. The van der Waals surface area contributed by atoms with Crippen LogP contribution in [0.1, 0.15) is 54.8 Å². The molecular weight excluding hydrogens is 396 g/mol. The zero-order valence-corrected chi connectivity index (χ0v) is 17.5. The highest BCUT2D eigenvalue weighted by Gasteiger charge is 2.52. The number of benzene rings is 1. The van der Waals surface area contributed by atoms with E-state index in [4.69, 9.17) is 14.8 Å². The van der Waals surface area contributed by atoms with Crippen LogP contribution < -0.4 is 4.74 Å². The highest BCUT2D eigenvalue weighted by atomic mass is 32.1. The Balaban J connectivity index is 1.36. The predicted octanol–water partition coefficient (Wildman–Crippen LogP) is 5.14. The van der Waals surface area contributed by atoms with Crippen LogP contribution in [-0.4, -0.2) is 22.7 Å². The molecule has 0 spiro atoms. The first-order valence-electron chi connectivity index (χ1n) is 10.6. The second kappa shape index (κ2) is 7.55. The maximum atomic E-state index is 10.6. The van der Waals surface area contributed by atoms with Crippen molar-refractivity contribution < 1.29 is 14.6 Å². The molecule has 154 valence electrons. The van der Waals surface area contributed by atoms with Gasteiger partial charge < -0.3 is 9.84 Å². The van der Waals surface area contributed by atoms with Crippen molar-refractivity contribution in [1.29, 1.82) is 5.26 Å². The van der Waals surface area contributed by atoms with Crippen LogP contribution in [0.25, 0.3) is 11.6 Å². The highest BCUT2D eigenvalue weighted by molar-refractivity contribution is 7.11. The fraction of sp³-hybridized carbons (Fsp3) is 0.458. The van der Waals surface area contributed by atoms with Gasteiger partial charge in [0.2, 0.25) is 0 Å². The van der Waals surface area contributed by atoms with Gasteiger partial charge in [-0.3, -0.25) is 0 Å². The number of carbonyl (C=O) groups is 1. The van der Waals surface area contributed by atoms with Crippen LogP contribution >= 0.6 is 11.3 Å². The molecule has 1 N–H and O–H groups in total. The summed E-state index contributed by atoms with van der Waals surface area (Å²) in [5.41, 5.74) is 2.88. The van der Waals surface area contributed by atoms with Crippen molar-refractivity contribution in [1.82, 2.24) is 4.98 Å². The molecule has 0 atom stereocenters. The van der Waals surface area contributed by atoms with E-state index in [-0.39, 0.29) is 12.0 Å². The molecule has 6 heteroatoms. The smallest absolute Gasteiger partial charge is 0.341 e. The number of nitrogens with zero attached hydrogens (tertiary/aromatic N) is 2. The number of ether oxygens (including phenoxy) is 1. The average Bonchev–Trinajstić information content (AvgIpc) is 3.21. The first kappa shape index (κ1) is 19.3. The molecule has 4 bridgehead atoms. The molecule has 30 heavy (non-hydrogen) atoms. The van der Waals surface area contributed by atoms with Gasteiger partial charge in [0, 0.05) is 10.8 Å². The van der Waals surface area contributed by atoms with Crippen molar-refractivity contribution >= 4 is 29.0 Å². The number of allylic oxidation sites excluding steroid dienone is 1. The van der Waals surface area contributed by atoms with Gasteiger partial charge in [-0.05, 0) is 80.1 Å². The van der Waals surface area contributed by atoms with Crippen molar-refractivity contribution in [3.05, 3.63) is 45.9 Å². The molecular formula is C24H24N2O3S. The lowest BCUT2D eigenvalue weighted by atomic mass is 9.49. The van der Waals surface area contributed by atoms with E-state index in [2.05, 4.69) is 11.4 Å². The molecule has 6 rings (SSSR count). The van der Waals surface area contributed by atoms with Crippen LogP contribution in [0.4, 0.5) is 0 Å². The van der Waals surface area contributed by atoms with Crippen molar-refractivity contribution in [2.24, 2.45) is 17.8 Å². The fourth-order valence-corrected chi connectivity index (χ4v) is 7.09. The SMILES string of the molecule is N#C/C(=C\c1ccc(OCC(=O)O)cc1)c1nc(C23CC4CC(CC(C4)C2)C3)cs1. The molecule has 5 nitrogen and oxygen atoms in total. The quantitative estimate of drug-likeness (QED) is 0.654. The van der Waals surface area contributed by atoms with Gasteiger partial charge >= 0.3 is 5.97 Å². The molecule has 0 saturated heterocycles. The Morgan fingerprint density at radius 1 is 1.20 bits per heavy atom. The van der Waals surface area contributed by atoms with Crippen LogP contribution in [0.3, 0.4) is 0 Å². The lowest BCUT2D eigenvalue weighted by Crippen LogP contribution is -2.48. The summed E-state index contributed by atoms with van der Waals surface area (Å²) in [6, 6.07) is 9.38. The minimum Gasteiger partial charge on any atom is -0.482 e. The molecule has 0 aliphatic heterocycles. The molecule has 0 amide bonds. The lowest BCUT2D eigenvalue weighted by molar-refractivity contribution is -0.139. The zero-order valence-electron chi connectivity index (χ0n) is 16.7. The number of aliphatic carboxylic acids is 1. The zero-order chi connectivity index (χ0) is 20.7. The summed E-state index contributed by atoms with van der Waals surface area (Å²) in [5, 5.41) is 21.4. The van der Waals surface area contributed by atoms with E-state index in [9.17, 15) is 10.1 Å². The van der Waals surface area contributed by atoms with E-state index < -0.39 is 5.97 Å². The Kier molecular flexibility index (Phi) is 4.86. The second-order valence-electron chi connectivity index (χ2n) is 9.16. The van der Waals surface area contributed by atoms with Gasteiger partial charge in [0.1, 0.15) is 16.8 Å². The van der Waals surface area contributed by atoms with Gasteiger partial charge in [0.05, 0.1) is 11.3 Å². The van der Waals surface area contributed by atoms with E-state index >= 15 is 0 Å². The Morgan fingerprint density at radius 3 is 2.40 bits per heavy atom. The number of hydrogen-bond acceptors (Lipinski definition) is 5. The number of aromatic nitrogens is 1. The van der Waals surface area contributed by atoms with Gasteiger partial charge in [0.25, 0.3) is 0 Å². The molecule has 2 aromatic rings. The predicted molar refractivity (Wildman–Crippen MR) is 115 cm³/mol. The van der Waals surface area contributed by atoms with Gasteiger partial charge in [-0.1, -0.05) is 12.1 Å². The summed E-state index contributed by atoms with van der Waals surface area (Å²) >= 11 is 1.57. The molecule has 4 saturated carbocycles. The first-order valence-corrected chi connectivity index (χ1v) is 11.4. The van der Waals surface area contributed by atoms with Gasteiger partial charge in [-0.25, -0.2) is 9.78 Å². The fourth-order valence-electron chi connectivity index (χ4n) is 6.18. The Bertz CT molecular complexity index is 996. The van der Waals surface area contributed by atoms with Crippen LogP contribution in [0.5, 0.6) is 5.75 Å². The summed E-state index contributed by atoms with van der Waals surface area (Å²) in [4.78, 5) is 15.6. The number of nitriles is 1. The van der Waals surface area contributed by atoms with Crippen LogP contribution in [-0.2, 0) is 10.2 Å². The largest absolute Gasteiger partial charge is 0.482 e. The number of carboxylic acids is 1. The van der Waals surface area contributed by atoms with Crippen molar-refractivity contribution in [3.63, 3.8) is 0 Å². The number of rotatable bonds is 6. The van der Waals surface area contributed by atoms with Crippen molar-refractivity contribution in [3.8, 4) is 11.8 Å². The summed E-state index contributed by atoms with van der Waals surface area (Å²) < 4.78 is 5.16. The third-order valence-corrected chi connectivity index (χ3v) is 7.87. The van der Waals surface area contributed by atoms with Gasteiger partial charge in [0.15, 0.2) is 6.61 Å². The van der Waals surface area contributed by atoms with Crippen molar-refractivity contribution in [2.45, 2.75) is 43.9 Å². The van der Waals surface area contributed by atoms with Crippen LogP contribution in [0.15, 0.2) is 29.6 Å². The first-order chi connectivity index (χ1) is 14.5. The topological polar surface area (TPSA) is 83.2 Å². The molecule has 4 aliphatic carbocycles. The molecule has 1 aromatic carbocycles. The summed E-state index contributed by atoms with van der Waals surface area (Å²) in [7, 11) is 0. The van der Waals surface area contributed by atoms with Crippen LogP contribution in [0, 0.1) is 29.1 Å². The number of thiazole rings is 1. The van der Waals surface area contributed by atoms with E-state index in [0.29, 0.717) is 11.3 Å². The monoisotopic (exact) mass is 420 g/mol. The molecule has 1 heterocycles. The third kappa shape index (κ3) is 3.63. The summed E-state index contributed by atoms with van der Waals surface area (Å²) in [5.74, 6) is 2.09. The minimum atomic E-state index is -1.01. The third-order valence-electron chi connectivity index (χ3n) is 6.99. The second-order valence-corrected chi connectivity index (χ2v) is 10.0. The van der Waals surface area contributed by atoms with Gasteiger partial charge in [-0.15, -0.1) is 11.3 Å². The van der Waals surface area contributed by atoms with E-state index in [1.54, 1.807) is 23.5 Å². The lowest BCUT2D eigenvalue weighted by Gasteiger charge is -2.56. The maximum Gasteiger partial charge on any atom is 0.341 e. The van der Waals surface area contributed by atoms with Gasteiger partial charge in [-0.2, -0.15) is 5.26 Å². The van der Waals surface area contributed by atoms with Crippen LogP contribution in [0.2, 0.25) is 0 Å². The van der Waals surface area contributed by atoms with E-state index in [1.165, 1.54) is 44.2 Å². The standard InChI is InChI=1S/C24H24N2O3S/c25-12-19(8-15-1-3-20(4-2-15)29-13-22(27)28)23-26-21(14-30-23)24-9-16-5-17(10-24)7-18(6-16)11-24/h1-4,8,14,16-18H,5-7,9-11,13H2,(H,27,28)/b19-8+. The Morgan fingerprint density at radius 2 is 1.83 bits per heavy atom. The maximum absolute atomic E-state index is 10.6. The molecule has 0 unspecified atom stereocenters. The average molecular weight is 421 g/mol. The molecule has 4 fully saturated rings. The normalized spacial score (nSPS) is 29.6. The Labute approximate surface area is 180 Å². The van der Waals surface area contributed by atoms with Crippen molar-refractivity contribution in [2.75, 3.05) is 6.61 Å². The van der Waals surface area contributed by atoms with E-state index in [0.717, 1.165) is 28.3 Å². The Hall–Kier alpha value is -2.65. The molecule has 4 aliphatic rings.